The Morgan fingerprint density at radius 2 is 2.00 bits per heavy atom. The molecule has 0 saturated heterocycles. The van der Waals surface area contributed by atoms with Crippen LogP contribution in [0.5, 0.6) is 5.88 Å². The van der Waals surface area contributed by atoms with E-state index in [9.17, 15) is 0 Å². The number of methoxy groups -OCH3 is 1. The molecule has 2 rings (SSSR count). The fourth-order valence-electron chi connectivity index (χ4n) is 1.29. The average Bonchev–Trinajstić information content (AvgIpc) is 2.33. The maximum absolute atomic E-state index is 6.05. The third-order valence-corrected chi connectivity index (χ3v) is 2.82. The molecule has 3 nitrogen and oxygen atoms in total. The van der Waals surface area contributed by atoms with Crippen LogP contribution in [0.3, 0.4) is 0 Å². The van der Waals surface area contributed by atoms with Gasteiger partial charge >= 0.3 is 0 Å². The molecular weight excluding hydrogens is 247 g/mol. The third-order valence-electron chi connectivity index (χ3n) is 2.06. The number of nitrogens with zero attached hydrogens (tertiary/aromatic N) is 2. The lowest BCUT2D eigenvalue weighted by molar-refractivity contribution is 0.398. The number of hydrogen-bond donors (Lipinski definition) is 0. The van der Waals surface area contributed by atoms with E-state index in [1.807, 2.05) is 12.1 Å². The first kappa shape index (κ1) is 11.2. The summed E-state index contributed by atoms with van der Waals surface area (Å²) in [5, 5.41) is 0.661. The average molecular weight is 255 g/mol. The minimum absolute atomic E-state index is 0.267. The highest BCUT2D eigenvalue weighted by molar-refractivity contribution is 6.42. The standard InChI is InChI=1S/C11H8Cl2N2O/c1-16-9-4-2-3-8(15-9)7-5-6-14-11(13)10(7)12/h2-6H,1H3. The van der Waals surface area contributed by atoms with Crippen LogP contribution in [-0.2, 0) is 0 Å². The molecular formula is C11H8Cl2N2O. The van der Waals surface area contributed by atoms with E-state index in [1.165, 1.54) is 0 Å². The van der Waals surface area contributed by atoms with Crippen molar-refractivity contribution in [3.05, 3.63) is 40.6 Å². The molecule has 0 aliphatic carbocycles. The van der Waals surface area contributed by atoms with E-state index in [2.05, 4.69) is 9.97 Å². The highest BCUT2D eigenvalue weighted by Gasteiger charge is 2.09. The molecule has 0 bridgehead atoms. The largest absolute Gasteiger partial charge is 0.481 e. The van der Waals surface area contributed by atoms with Crippen LogP contribution < -0.4 is 4.74 Å². The number of rotatable bonds is 2. The van der Waals surface area contributed by atoms with Crippen LogP contribution in [0.4, 0.5) is 0 Å². The summed E-state index contributed by atoms with van der Waals surface area (Å²) < 4.78 is 5.04. The molecule has 0 aromatic carbocycles. The first-order chi connectivity index (χ1) is 7.72. The number of aromatic nitrogens is 2. The van der Waals surface area contributed by atoms with Crippen molar-refractivity contribution in [2.75, 3.05) is 7.11 Å². The zero-order chi connectivity index (χ0) is 11.5. The Hall–Kier alpha value is -1.32. The molecule has 82 valence electrons. The van der Waals surface area contributed by atoms with Crippen molar-refractivity contribution in [2.24, 2.45) is 0 Å². The molecule has 2 aromatic rings. The Morgan fingerprint density at radius 3 is 2.75 bits per heavy atom. The molecule has 0 fully saturated rings. The fraction of sp³-hybridized carbons (Fsp3) is 0.0909. The fourth-order valence-corrected chi connectivity index (χ4v) is 1.66. The van der Waals surface area contributed by atoms with E-state index in [-0.39, 0.29) is 5.15 Å². The monoisotopic (exact) mass is 254 g/mol. The molecule has 2 aromatic heterocycles. The molecule has 2 heterocycles. The van der Waals surface area contributed by atoms with Crippen LogP contribution >= 0.6 is 23.2 Å². The zero-order valence-electron chi connectivity index (χ0n) is 8.45. The highest BCUT2D eigenvalue weighted by Crippen LogP contribution is 2.31. The van der Waals surface area contributed by atoms with Crippen molar-refractivity contribution < 1.29 is 4.74 Å². The molecule has 0 spiro atoms. The number of halogens is 2. The molecule has 0 amide bonds. The summed E-state index contributed by atoms with van der Waals surface area (Å²) in [5.74, 6) is 0.529. The van der Waals surface area contributed by atoms with E-state index in [0.717, 1.165) is 5.56 Å². The molecule has 0 atom stereocenters. The molecule has 5 heteroatoms. The van der Waals surface area contributed by atoms with Crippen molar-refractivity contribution in [2.45, 2.75) is 0 Å². The second-order valence-corrected chi connectivity index (χ2v) is 3.76. The summed E-state index contributed by atoms with van der Waals surface area (Å²) in [6.45, 7) is 0. The van der Waals surface area contributed by atoms with Crippen molar-refractivity contribution in [3.63, 3.8) is 0 Å². The Kier molecular flexibility index (Phi) is 3.27. The minimum atomic E-state index is 0.267. The van der Waals surface area contributed by atoms with Gasteiger partial charge in [-0.05, 0) is 12.1 Å². The normalized spacial score (nSPS) is 10.2. The SMILES string of the molecule is COc1cccc(-c2ccnc(Cl)c2Cl)n1. The first-order valence-corrected chi connectivity index (χ1v) is 5.29. The quantitative estimate of drug-likeness (QED) is 0.771. The van der Waals surface area contributed by atoms with Crippen LogP contribution in [-0.4, -0.2) is 17.1 Å². The highest BCUT2D eigenvalue weighted by atomic mass is 35.5. The van der Waals surface area contributed by atoms with Crippen molar-refractivity contribution >= 4 is 23.2 Å². The van der Waals surface area contributed by atoms with E-state index in [4.69, 9.17) is 27.9 Å². The second-order valence-electron chi connectivity index (χ2n) is 3.03. The molecule has 0 aliphatic rings. The Labute approximate surface area is 103 Å². The molecule has 0 saturated carbocycles. The van der Waals surface area contributed by atoms with Gasteiger partial charge in [0.2, 0.25) is 5.88 Å². The Bertz CT molecular complexity index is 517. The number of ether oxygens (including phenoxy) is 1. The summed E-state index contributed by atoms with van der Waals surface area (Å²) in [4.78, 5) is 8.15. The molecule has 0 radical (unpaired) electrons. The van der Waals surface area contributed by atoms with Crippen molar-refractivity contribution in [3.8, 4) is 17.1 Å². The van der Waals surface area contributed by atoms with Gasteiger partial charge in [0, 0.05) is 17.8 Å². The van der Waals surface area contributed by atoms with Crippen LogP contribution in [0.25, 0.3) is 11.3 Å². The van der Waals surface area contributed by atoms with Crippen molar-refractivity contribution in [1.29, 1.82) is 0 Å². The lowest BCUT2D eigenvalue weighted by atomic mass is 10.2. The maximum atomic E-state index is 6.05. The zero-order valence-corrected chi connectivity index (χ0v) is 9.96. The van der Waals surface area contributed by atoms with Gasteiger partial charge in [0.25, 0.3) is 0 Å². The van der Waals surface area contributed by atoms with Crippen LogP contribution in [0.2, 0.25) is 10.2 Å². The predicted octanol–water partition coefficient (Wildman–Crippen LogP) is 3.46. The molecule has 0 aliphatic heterocycles. The van der Waals surface area contributed by atoms with Gasteiger partial charge in [-0.1, -0.05) is 29.3 Å². The number of hydrogen-bond acceptors (Lipinski definition) is 3. The van der Waals surface area contributed by atoms with Gasteiger partial charge in [-0.15, -0.1) is 0 Å². The topological polar surface area (TPSA) is 35.0 Å². The third kappa shape index (κ3) is 2.10. The Balaban J connectivity index is 2.54. The summed E-state index contributed by atoms with van der Waals surface area (Å²) in [7, 11) is 1.56. The first-order valence-electron chi connectivity index (χ1n) is 4.54. The summed E-state index contributed by atoms with van der Waals surface area (Å²) >= 11 is 11.9. The molecule has 16 heavy (non-hydrogen) atoms. The predicted molar refractivity (Wildman–Crippen MR) is 64.0 cm³/mol. The van der Waals surface area contributed by atoms with Gasteiger partial charge < -0.3 is 4.74 Å². The van der Waals surface area contributed by atoms with Crippen LogP contribution in [0, 0.1) is 0 Å². The van der Waals surface area contributed by atoms with E-state index in [1.54, 1.807) is 25.4 Å². The van der Waals surface area contributed by atoms with E-state index >= 15 is 0 Å². The molecule has 0 N–H and O–H groups in total. The summed E-state index contributed by atoms with van der Waals surface area (Å²) in [6.07, 6.45) is 1.59. The van der Waals surface area contributed by atoms with E-state index in [0.29, 0.717) is 16.6 Å². The lowest BCUT2D eigenvalue weighted by Crippen LogP contribution is -1.91. The smallest absolute Gasteiger partial charge is 0.213 e. The second kappa shape index (κ2) is 4.68. The van der Waals surface area contributed by atoms with Gasteiger partial charge in [0.05, 0.1) is 17.8 Å². The number of pyridine rings is 2. The molecule has 0 unspecified atom stereocenters. The summed E-state index contributed by atoms with van der Waals surface area (Å²) in [5.41, 5.74) is 1.44. The van der Waals surface area contributed by atoms with Gasteiger partial charge in [-0.3, -0.25) is 0 Å². The lowest BCUT2D eigenvalue weighted by Gasteiger charge is -2.05. The van der Waals surface area contributed by atoms with Crippen LogP contribution in [0.15, 0.2) is 30.5 Å². The van der Waals surface area contributed by atoms with Gasteiger partial charge in [-0.2, -0.15) is 0 Å². The minimum Gasteiger partial charge on any atom is -0.481 e. The van der Waals surface area contributed by atoms with Crippen LogP contribution in [0.1, 0.15) is 0 Å². The van der Waals surface area contributed by atoms with Gasteiger partial charge in [-0.25, -0.2) is 9.97 Å². The van der Waals surface area contributed by atoms with Gasteiger partial charge in [0.15, 0.2) is 0 Å². The van der Waals surface area contributed by atoms with E-state index < -0.39 is 0 Å². The van der Waals surface area contributed by atoms with Gasteiger partial charge in [0.1, 0.15) is 5.15 Å². The van der Waals surface area contributed by atoms with Crippen molar-refractivity contribution in [1.82, 2.24) is 9.97 Å². The maximum Gasteiger partial charge on any atom is 0.213 e. The Morgan fingerprint density at radius 1 is 1.19 bits per heavy atom. The summed E-state index contributed by atoms with van der Waals surface area (Å²) in [6, 6.07) is 7.20.